The van der Waals surface area contributed by atoms with Crippen LogP contribution in [0.25, 0.3) is 0 Å². The summed E-state index contributed by atoms with van der Waals surface area (Å²) in [6, 6.07) is 6.34. The van der Waals surface area contributed by atoms with Crippen LogP contribution >= 0.6 is 15.9 Å². The number of aromatic nitrogens is 2. The molecule has 0 aliphatic heterocycles. The van der Waals surface area contributed by atoms with Crippen LogP contribution in [0.3, 0.4) is 0 Å². The lowest BCUT2D eigenvalue weighted by Gasteiger charge is -2.25. The third-order valence-corrected chi connectivity index (χ3v) is 6.14. The maximum atomic E-state index is 12.8. The SMILES string of the molecule is CC(C)c1[nH]nc(C(=O)N(C)C(C)c2ccc(S(C)(=O)=O)cc2)c1Br. The summed E-state index contributed by atoms with van der Waals surface area (Å²) in [6.07, 6.45) is 1.17. The molecule has 0 bridgehead atoms. The van der Waals surface area contributed by atoms with Gasteiger partial charge in [0.25, 0.3) is 5.91 Å². The van der Waals surface area contributed by atoms with Crippen LogP contribution in [0.1, 0.15) is 54.5 Å². The van der Waals surface area contributed by atoms with Gasteiger partial charge >= 0.3 is 0 Å². The van der Waals surface area contributed by atoms with E-state index in [2.05, 4.69) is 26.1 Å². The number of halogens is 1. The zero-order valence-electron chi connectivity index (χ0n) is 14.9. The Hall–Kier alpha value is -1.67. The van der Waals surface area contributed by atoms with Gasteiger partial charge in [-0.05, 0) is 46.5 Å². The molecule has 8 heteroatoms. The third-order valence-electron chi connectivity index (χ3n) is 4.20. The highest BCUT2D eigenvalue weighted by molar-refractivity contribution is 9.10. The fourth-order valence-electron chi connectivity index (χ4n) is 2.43. The molecule has 6 nitrogen and oxygen atoms in total. The van der Waals surface area contributed by atoms with Crippen molar-refractivity contribution in [1.82, 2.24) is 15.1 Å². The minimum Gasteiger partial charge on any atom is -0.334 e. The van der Waals surface area contributed by atoms with E-state index in [-0.39, 0.29) is 22.8 Å². The van der Waals surface area contributed by atoms with Crippen LogP contribution in [0.2, 0.25) is 0 Å². The average Bonchev–Trinajstić information content (AvgIpc) is 2.93. The summed E-state index contributed by atoms with van der Waals surface area (Å²) in [5.74, 6) is 0.00408. The molecular weight excluding hydrogens is 406 g/mol. The molecule has 0 saturated heterocycles. The number of sulfone groups is 1. The van der Waals surface area contributed by atoms with Crippen molar-refractivity contribution in [2.45, 2.75) is 37.6 Å². The standard InChI is InChI=1S/C17H22BrN3O3S/c1-10(2)15-14(18)16(20-19-15)17(22)21(4)11(3)12-6-8-13(9-7-12)25(5,23)24/h6-11H,1-5H3,(H,19,20). The number of benzene rings is 1. The van der Waals surface area contributed by atoms with Gasteiger partial charge in [-0.1, -0.05) is 26.0 Å². The van der Waals surface area contributed by atoms with Gasteiger partial charge in [0.05, 0.1) is 21.1 Å². The van der Waals surface area contributed by atoms with Crippen molar-refractivity contribution in [2.24, 2.45) is 0 Å². The summed E-state index contributed by atoms with van der Waals surface area (Å²) < 4.78 is 23.8. The quantitative estimate of drug-likeness (QED) is 0.790. The van der Waals surface area contributed by atoms with Crippen molar-refractivity contribution in [3.63, 3.8) is 0 Å². The number of aromatic amines is 1. The van der Waals surface area contributed by atoms with Gasteiger partial charge in [0.1, 0.15) is 0 Å². The van der Waals surface area contributed by atoms with Crippen LogP contribution in [-0.4, -0.2) is 42.7 Å². The minimum absolute atomic E-state index is 0.213. The number of nitrogens with zero attached hydrogens (tertiary/aromatic N) is 2. The molecule has 0 aliphatic rings. The van der Waals surface area contributed by atoms with E-state index in [1.165, 1.54) is 6.26 Å². The summed E-state index contributed by atoms with van der Waals surface area (Å²) in [5, 5.41) is 7.04. The summed E-state index contributed by atoms with van der Waals surface area (Å²) >= 11 is 3.45. The molecule has 1 atom stereocenters. The second-order valence-corrected chi connectivity index (χ2v) is 9.20. The van der Waals surface area contributed by atoms with Gasteiger partial charge < -0.3 is 4.90 Å². The van der Waals surface area contributed by atoms with Gasteiger partial charge in [0.2, 0.25) is 0 Å². The van der Waals surface area contributed by atoms with Crippen LogP contribution in [0.5, 0.6) is 0 Å². The van der Waals surface area contributed by atoms with E-state index >= 15 is 0 Å². The molecule has 1 aromatic carbocycles. The summed E-state index contributed by atoms with van der Waals surface area (Å²) in [6.45, 7) is 5.92. The van der Waals surface area contributed by atoms with Crippen molar-refractivity contribution in [3.05, 3.63) is 45.7 Å². The molecule has 1 unspecified atom stereocenters. The highest BCUT2D eigenvalue weighted by Crippen LogP contribution is 2.28. The lowest BCUT2D eigenvalue weighted by molar-refractivity contribution is 0.0735. The summed E-state index contributed by atoms with van der Waals surface area (Å²) in [5.41, 5.74) is 2.06. The number of hydrogen-bond acceptors (Lipinski definition) is 4. The molecule has 1 aromatic heterocycles. The molecule has 0 spiro atoms. The van der Waals surface area contributed by atoms with Crippen LogP contribution in [-0.2, 0) is 9.84 Å². The summed E-state index contributed by atoms with van der Waals surface area (Å²) in [7, 11) is -1.53. The van der Waals surface area contributed by atoms with E-state index in [1.54, 1.807) is 36.2 Å². The Balaban J connectivity index is 2.24. The van der Waals surface area contributed by atoms with Crippen LogP contribution < -0.4 is 0 Å². The number of amides is 1. The normalized spacial score (nSPS) is 13.1. The van der Waals surface area contributed by atoms with Crippen molar-refractivity contribution in [2.75, 3.05) is 13.3 Å². The van der Waals surface area contributed by atoms with Crippen molar-refractivity contribution in [3.8, 4) is 0 Å². The molecule has 1 heterocycles. The molecule has 0 saturated carbocycles. The average molecular weight is 428 g/mol. The monoisotopic (exact) mass is 427 g/mol. The molecule has 0 fully saturated rings. The first-order valence-electron chi connectivity index (χ1n) is 7.85. The molecule has 2 rings (SSSR count). The second kappa shape index (κ2) is 7.29. The topological polar surface area (TPSA) is 83.1 Å². The van der Waals surface area contributed by atoms with Crippen molar-refractivity contribution < 1.29 is 13.2 Å². The molecule has 2 aromatic rings. The van der Waals surface area contributed by atoms with E-state index in [1.807, 2.05) is 20.8 Å². The Morgan fingerprint density at radius 3 is 2.20 bits per heavy atom. The van der Waals surface area contributed by atoms with E-state index in [0.717, 1.165) is 11.3 Å². The molecule has 0 radical (unpaired) electrons. The lowest BCUT2D eigenvalue weighted by Crippen LogP contribution is -2.30. The molecule has 1 N–H and O–H groups in total. The number of carbonyl (C=O) groups is 1. The Morgan fingerprint density at radius 2 is 1.76 bits per heavy atom. The zero-order valence-corrected chi connectivity index (χ0v) is 17.3. The van der Waals surface area contributed by atoms with E-state index < -0.39 is 9.84 Å². The fourth-order valence-corrected chi connectivity index (χ4v) is 3.86. The molecule has 25 heavy (non-hydrogen) atoms. The Bertz CT molecular complexity index is 873. The van der Waals surface area contributed by atoms with Crippen LogP contribution in [0, 0.1) is 0 Å². The maximum Gasteiger partial charge on any atom is 0.275 e. The number of nitrogens with one attached hydrogen (secondary N) is 1. The van der Waals surface area contributed by atoms with Gasteiger partial charge in [-0.15, -0.1) is 0 Å². The van der Waals surface area contributed by atoms with Crippen molar-refractivity contribution >= 4 is 31.7 Å². The Kier molecular flexibility index (Phi) is 5.73. The maximum absolute atomic E-state index is 12.8. The third kappa shape index (κ3) is 4.12. The van der Waals surface area contributed by atoms with Gasteiger partial charge in [-0.25, -0.2) is 8.42 Å². The summed E-state index contributed by atoms with van der Waals surface area (Å²) in [4.78, 5) is 14.6. The fraction of sp³-hybridized carbons (Fsp3) is 0.412. The number of rotatable bonds is 5. The largest absolute Gasteiger partial charge is 0.334 e. The molecule has 0 aliphatic carbocycles. The van der Waals surface area contributed by atoms with Crippen molar-refractivity contribution in [1.29, 1.82) is 0 Å². The smallest absolute Gasteiger partial charge is 0.275 e. The predicted molar refractivity (Wildman–Crippen MR) is 100 cm³/mol. The van der Waals surface area contributed by atoms with Crippen LogP contribution in [0.4, 0.5) is 0 Å². The van der Waals surface area contributed by atoms with Crippen LogP contribution in [0.15, 0.2) is 33.6 Å². The number of hydrogen-bond donors (Lipinski definition) is 1. The second-order valence-electron chi connectivity index (χ2n) is 6.39. The first kappa shape index (κ1) is 19.7. The molecule has 136 valence electrons. The highest BCUT2D eigenvalue weighted by atomic mass is 79.9. The van der Waals surface area contributed by atoms with Gasteiger partial charge in [0.15, 0.2) is 15.5 Å². The van der Waals surface area contributed by atoms with E-state index in [4.69, 9.17) is 0 Å². The predicted octanol–water partition coefficient (Wildman–Crippen LogP) is 3.53. The lowest BCUT2D eigenvalue weighted by atomic mass is 10.1. The molecule has 1 amide bonds. The Labute approximate surface area is 156 Å². The minimum atomic E-state index is -3.24. The van der Waals surface area contributed by atoms with E-state index in [0.29, 0.717) is 10.2 Å². The zero-order chi connectivity index (χ0) is 18.9. The van der Waals surface area contributed by atoms with E-state index in [9.17, 15) is 13.2 Å². The van der Waals surface area contributed by atoms with Gasteiger partial charge in [0, 0.05) is 13.3 Å². The number of carbonyl (C=O) groups excluding carboxylic acids is 1. The number of H-pyrrole nitrogens is 1. The van der Waals surface area contributed by atoms with Gasteiger partial charge in [-0.2, -0.15) is 5.10 Å². The molecular formula is C17H22BrN3O3S. The highest BCUT2D eigenvalue weighted by Gasteiger charge is 2.25. The first-order valence-corrected chi connectivity index (χ1v) is 10.5. The van der Waals surface area contributed by atoms with Gasteiger partial charge in [-0.3, -0.25) is 9.89 Å². The Morgan fingerprint density at radius 1 is 1.20 bits per heavy atom. The first-order chi connectivity index (χ1) is 11.5.